The molecule has 0 rings (SSSR count). The van der Waals surface area contributed by atoms with Gasteiger partial charge in [-0.05, 0) is 24.7 Å². The molecule has 194 valence electrons. The molecule has 0 saturated carbocycles. The molecule has 0 heterocycles. The number of hydrogen-bond donors (Lipinski definition) is 7. The molecule has 0 fully saturated rings. The second-order valence-electron chi connectivity index (χ2n) is 8.54. The van der Waals surface area contributed by atoms with Crippen molar-refractivity contribution in [2.75, 3.05) is 0 Å². The van der Waals surface area contributed by atoms with Gasteiger partial charge in [-0.3, -0.25) is 24.0 Å². The zero-order valence-corrected chi connectivity index (χ0v) is 20.0. The summed E-state index contributed by atoms with van der Waals surface area (Å²) in [5, 5.41) is 25.3. The Balaban J connectivity index is 5.64. The summed E-state index contributed by atoms with van der Waals surface area (Å²) in [5.74, 6) is -6.18. The second kappa shape index (κ2) is 14.8. The van der Waals surface area contributed by atoms with Gasteiger partial charge in [-0.15, -0.1) is 0 Å². The van der Waals surface area contributed by atoms with Gasteiger partial charge < -0.3 is 37.6 Å². The molecule has 0 aliphatic carbocycles. The molecule has 5 unspecified atom stereocenters. The van der Waals surface area contributed by atoms with Gasteiger partial charge >= 0.3 is 11.9 Å². The van der Waals surface area contributed by atoms with Crippen molar-refractivity contribution in [3.63, 3.8) is 0 Å². The molecular weight excluding hydrogens is 450 g/mol. The van der Waals surface area contributed by atoms with Gasteiger partial charge in [-0.2, -0.15) is 0 Å². The highest BCUT2D eigenvalue weighted by Gasteiger charge is 2.33. The molecule has 0 aliphatic heterocycles. The fourth-order valence-corrected chi connectivity index (χ4v) is 2.87. The maximum atomic E-state index is 13.0. The van der Waals surface area contributed by atoms with E-state index < -0.39 is 66.2 Å². The molecule has 0 aromatic heterocycles. The first-order chi connectivity index (χ1) is 15.7. The Morgan fingerprint density at radius 3 is 1.76 bits per heavy atom. The van der Waals surface area contributed by atoms with E-state index in [9.17, 15) is 33.9 Å². The van der Waals surface area contributed by atoms with E-state index in [4.69, 9.17) is 16.6 Å². The van der Waals surface area contributed by atoms with Crippen LogP contribution in [0.3, 0.4) is 0 Å². The van der Waals surface area contributed by atoms with Crippen LogP contribution in [0.25, 0.3) is 0 Å². The Hall–Kier alpha value is -3.22. The van der Waals surface area contributed by atoms with Gasteiger partial charge in [0, 0.05) is 12.8 Å². The number of carbonyl (C=O) groups is 6. The maximum Gasteiger partial charge on any atom is 0.326 e. The van der Waals surface area contributed by atoms with Gasteiger partial charge in [0.25, 0.3) is 0 Å². The average molecular weight is 488 g/mol. The molecule has 34 heavy (non-hydrogen) atoms. The summed E-state index contributed by atoms with van der Waals surface area (Å²) in [4.78, 5) is 71.6. The van der Waals surface area contributed by atoms with Gasteiger partial charge in [0.2, 0.25) is 23.6 Å². The molecule has 4 amide bonds. The Morgan fingerprint density at radius 1 is 0.794 bits per heavy atom. The second-order valence-corrected chi connectivity index (χ2v) is 8.54. The Bertz CT molecular complexity index is 757. The molecule has 0 aliphatic rings. The first-order valence-electron chi connectivity index (χ1n) is 11.1. The first kappa shape index (κ1) is 30.8. The van der Waals surface area contributed by atoms with Crippen LogP contribution in [0.2, 0.25) is 0 Å². The van der Waals surface area contributed by atoms with Crippen LogP contribution >= 0.6 is 0 Å². The van der Waals surface area contributed by atoms with Crippen LogP contribution in [0.4, 0.5) is 0 Å². The Morgan fingerprint density at radius 2 is 1.32 bits per heavy atom. The number of amides is 4. The number of primary amides is 1. The predicted molar refractivity (Wildman–Crippen MR) is 121 cm³/mol. The van der Waals surface area contributed by atoms with Crippen molar-refractivity contribution in [2.24, 2.45) is 23.3 Å². The topological polar surface area (TPSA) is 231 Å². The van der Waals surface area contributed by atoms with E-state index in [2.05, 4.69) is 16.0 Å². The van der Waals surface area contributed by atoms with Crippen LogP contribution in [-0.4, -0.2) is 69.9 Å². The highest BCUT2D eigenvalue weighted by molar-refractivity contribution is 5.94. The Kier molecular flexibility index (Phi) is 13.4. The number of carboxylic acids is 2. The van der Waals surface area contributed by atoms with Gasteiger partial charge in [0.15, 0.2) is 0 Å². The maximum absolute atomic E-state index is 13.0. The molecule has 13 heteroatoms. The van der Waals surface area contributed by atoms with Crippen molar-refractivity contribution in [2.45, 2.75) is 84.0 Å². The molecule has 0 aromatic carbocycles. The summed E-state index contributed by atoms with van der Waals surface area (Å²) in [6.07, 6.45) is -0.905. The summed E-state index contributed by atoms with van der Waals surface area (Å²) in [7, 11) is 0. The van der Waals surface area contributed by atoms with Crippen molar-refractivity contribution in [3.8, 4) is 0 Å². The minimum Gasteiger partial charge on any atom is -0.481 e. The van der Waals surface area contributed by atoms with Crippen molar-refractivity contribution < 1.29 is 39.0 Å². The van der Waals surface area contributed by atoms with Gasteiger partial charge in [0.1, 0.15) is 18.1 Å². The van der Waals surface area contributed by atoms with Crippen molar-refractivity contribution >= 4 is 35.6 Å². The van der Waals surface area contributed by atoms with Gasteiger partial charge in [-0.1, -0.05) is 34.1 Å². The highest BCUT2D eigenvalue weighted by Crippen LogP contribution is 2.11. The largest absolute Gasteiger partial charge is 0.481 e. The molecule has 0 aromatic rings. The van der Waals surface area contributed by atoms with Crippen molar-refractivity contribution in [1.29, 1.82) is 0 Å². The smallest absolute Gasteiger partial charge is 0.326 e. The minimum absolute atomic E-state index is 0.187. The Labute approximate surface area is 198 Å². The molecule has 9 N–H and O–H groups in total. The molecule has 13 nitrogen and oxygen atoms in total. The van der Waals surface area contributed by atoms with Crippen LogP contribution in [0.15, 0.2) is 0 Å². The summed E-state index contributed by atoms with van der Waals surface area (Å²) >= 11 is 0. The van der Waals surface area contributed by atoms with Crippen molar-refractivity contribution in [1.82, 2.24) is 16.0 Å². The lowest BCUT2D eigenvalue weighted by molar-refractivity contribution is -0.143. The molecule has 0 spiro atoms. The van der Waals surface area contributed by atoms with Crippen molar-refractivity contribution in [3.05, 3.63) is 0 Å². The quantitative estimate of drug-likeness (QED) is 0.137. The third-order valence-electron chi connectivity index (χ3n) is 5.39. The van der Waals surface area contributed by atoms with E-state index in [1.807, 2.05) is 0 Å². The van der Waals surface area contributed by atoms with E-state index in [0.717, 1.165) is 0 Å². The number of rotatable bonds is 16. The molecule has 5 atom stereocenters. The average Bonchev–Trinajstić information content (AvgIpc) is 2.75. The van der Waals surface area contributed by atoms with E-state index in [1.54, 1.807) is 27.7 Å². The number of carbonyl (C=O) groups excluding carboxylic acids is 4. The fraction of sp³-hybridized carbons (Fsp3) is 0.714. The number of nitrogens with one attached hydrogen (secondary N) is 3. The van der Waals surface area contributed by atoms with Crippen LogP contribution in [0.1, 0.15) is 59.8 Å². The van der Waals surface area contributed by atoms with E-state index in [0.29, 0.717) is 6.42 Å². The van der Waals surface area contributed by atoms with Crippen LogP contribution in [0.5, 0.6) is 0 Å². The normalized spacial score (nSPS) is 15.4. The lowest BCUT2D eigenvalue weighted by atomic mass is 9.96. The molecule has 0 bridgehead atoms. The number of nitrogens with two attached hydrogens (primary N) is 2. The van der Waals surface area contributed by atoms with E-state index in [-0.39, 0.29) is 31.1 Å². The first-order valence-corrected chi connectivity index (χ1v) is 11.1. The van der Waals surface area contributed by atoms with Crippen LogP contribution < -0.4 is 27.4 Å². The fourth-order valence-electron chi connectivity index (χ4n) is 2.87. The number of carboxylic acid groups (broad SMARTS) is 2. The van der Waals surface area contributed by atoms with Gasteiger partial charge in [-0.25, -0.2) is 4.79 Å². The third-order valence-corrected chi connectivity index (χ3v) is 5.39. The number of hydrogen-bond acceptors (Lipinski definition) is 7. The van der Waals surface area contributed by atoms with Crippen LogP contribution in [-0.2, 0) is 28.8 Å². The predicted octanol–water partition coefficient (Wildman–Crippen LogP) is -1.31. The van der Waals surface area contributed by atoms with Crippen LogP contribution in [0, 0.1) is 11.8 Å². The standard InChI is InChI=1S/C21H37N5O8/c1-5-11(4)17(26-19(31)16(23)10(2)3)20(32)24-12(6-8-14(22)27)18(30)25-13(21(33)34)7-9-15(28)29/h10-13,16-17H,5-9,23H2,1-4H3,(H2,22,27)(H,24,32)(H,25,30)(H,26,31)(H,28,29)(H,33,34). The molecule has 0 radical (unpaired) electrons. The lowest BCUT2D eigenvalue weighted by Crippen LogP contribution is -2.59. The zero-order valence-electron chi connectivity index (χ0n) is 20.0. The summed E-state index contributed by atoms with van der Waals surface area (Å²) in [6.45, 7) is 7.01. The third kappa shape index (κ3) is 11.1. The van der Waals surface area contributed by atoms with E-state index >= 15 is 0 Å². The summed E-state index contributed by atoms with van der Waals surface area (Å²) in [5.41, 5.74) is 11.0. The molecular formula is C21H37N5O8. The van der Waals surface area contributed by atoms with Gasteiger partial charge in [0.05, 0.1) is 6.04 Å². The summed E-state index contributed by atoms with van der Waals surface area (Å²) in [6, 6.07) is -4.79. The lowest BCUT2D eigenvalue weighted by Gasteiger charge is -2.28. The zero-order chi connectivity index (χ0) is 26.6. The number of aliphatic carboxylic acids is 2. The summed E-state index contributed by atoms with van der Waals surface area (Å²) < 4.78 is 0. The minimum atomic E-state index is -1.52. The highest BCUT2D eigenvalue weighted by atomic mass is 16.4. The SMILES string of the molecule is CCC(C)C(NC(=O)C(N)C(C)C)C(=O)NC(CCC(N)=O)C(=O)NC(CCC(=O)O)C(=O)O. The molecule has 0 saturated heterocycles. The van der Waals surface area contributed by atoms with E-state index in [1.165, 1.54) is 0 Å². The monoisotopic (exact) mass is 487 g/mol.